The van der Waals surface area contributed by atoms with E-state index in [0.29, 0.717) is 5.92 Å². The van der Waals surface area contributed by atoms with Crippen LogP contribution in [-0.2, 0) is 0 Å². The van der Waals surface area contributed by atoms with Crippen LogP contribution in [-0.4, -0.2) is 0 Å². The number of nitrogens with two attached hydrogens (primary N) is 1. The zero-order chi connectivity index (χ0) is 9.10. The Hall–Kier alpha value is -0.760. The Balaban J connectivity index is 1.99. The average Bonchev–Trinajstić information content (AvgIpc) is 2.71. The van der Waals surface area contributed by atoms with E-state index in [0.717, 1.165) is 5.76 Å². The molecule has 1 aliphatic carbocycles. The summed E-state index contributed by atoms with van der Waals surface area (Å²) in [5.41, 5.74) is 6.12. The summed E-state index contributed by atoms with van der Waals surface area (Å²) in [6.45, 7) is 0. The molecule has 1 fully saturated rings. The third kappa shape index (κ3) is 1.94. The summed E-state index contributed by atoms with van der Waals surface area (Å²) in [6, 6.07) is 4.02. The minimum Gasteiger partial charge on any atom is -0.468 e. The van der Waals surface area contributed by atoms with E-state index in [9.17, 15) is 0 Å². The fraction of sp³-hybridized carbons (Fsp3) is 0.636. The van der Waals surface area contributed by atoms with Gasteiger partial charge in [0.1, 0.15) is 5.76 Å². The van der Waals surface area contributed by atoms with Crippen LogP contribution in [0.5, 0.6) is 0 Å². The molecular formula is C11H17NO. The molecule has 1 aromatic rings. The quantitative estimate of drug-likeness (QED) is 0.758. The smallest absolute Gasteiger partial charge is 0.120 e. The van der Waals surface area contributed by atoms with Gasteiger partial charge in [0, 0.05) is 0 Å². The molecule has 0 aromatic carbocycles. The van der Waals surface area contributed by atoms with E-state index in [4.69, 9.17) is 10.2 Å². The Labute approximate surface area is 79.1 Å². The van der Waals surface area contributed by atoms with Gasteiger partial charge in [-0.15, -0.1) is 0 Å². The van der Waals surface area contributed by atoms with E-state index in [-0.39, 0.29) is 6.04 Å². The van der Waals surface area contributed by atoms with Crippen molar-refractivity contribution in [3.63, 3.8) is 0 Å². The second-order valence-electron chi connectivity index (χ2n) is 3.94. The summed E-state index contributed by atoms with van der Waals surface area (Å²) >= 11 is 0. The minimum atomic E-state index is 0.121. The fourth-order valence-electron chi connectivity index (χ4n) is 2.21. The van der Waals surface area contributed by atoms with Crippen molar-refractivity contribution < 1.29 is 4.42 Å². The molecule has 1 heterocycles. The number of hydrogen-bond donors (Lipinski definition) is 1. The molecule has 2 nitrogen and oxygen atoms in total. The molecule has 2 N–H and O–H groups in total. The van der Waals surface area contributed by atoms with Crippen molar-refractivity contribution in [2.75, 3.05) is 0 Å². The van der Waals surface area contributed by atoms with Crippen molar-refractivity contribution in [2.24, 2.45) is 11.7 Å². The van der Waals surface area contributed by atoms with Gasteiger partial charge in [-0.3, -0.25) is 0 Å². The molecule has 1 aliphatic rings. The van der Waals surface area contributed by atoms with Gasteiger partial charge in [0.15, 0.2) is 0 Å². The second-order valence-corrected chi connectivity index (χ2v) is 3.94. The van der Waals surface area contributed by atoms with Gasteiger partial charge in [-0.1, -0.05) is 19.3 Å². The van der Waals surface area contributed by atoms with Crippen LogP contribution in [0.1, 0.15) is 43.9 Å². The summed E-state index contributed by atoms with van der Waals surface area (Å²) in [4.78, 5) is 0. The summed E-state index contributed by atoms with van der Waals surface area (Å²) in [5.74, 6) is 1.59. The third-order valence-corrected chi connectivity index (χ3v) is 3.03. The standard InChI is InChI=1S/C11H17NO/c12-11(10-7-4-8-13-10)9-5-2-1-3-6-9/h4,7-9,11H,1-3,5-6,12H2. The van der Waals surface area contributed by atoms with E-state index in [2.05, 4.69) is 0 Å². The predicted octanol–water partition coefficient (Wildman–Crippen LogP) is 2.86. The minimum absolute atomic E-state index is 0.121. The van der Waals surface area contributed by atoms with Crippen LogP contribution in [0.3, 0.4) is 0 Å². The van der Waals surface area contributed by atoms with Crippen molar-refractivity contribution >= 4 is 0 Å². The maximum Gasteiger partial charge on any atom is 0.120 e. The zero-order valence-corrected chi connectivity index (χ0v) is 7.91. The Kier molecular flexibility index (Phi) is 2.69. The molecule has 72 valence electrons. The Bertz CT molecular complexity index is 237. The van der Waals surface area contributed by atoms with Crippen LogP contribution in [0.25, 0.3) is 0 Å². The lowest BCUT2D eigenvalue weighted by Gasteiger charge is -2.25. The van der Waals surface area contributed by atoms with Crippen LogP contribution in [0.15, 0.2) is 22.8 Å². The third-order valence-electron chi connectivity index (χ3n) is 3.03. The van der Waals surface area contributed by atoms with Crippen LogP contribution in [0.4, 0.5) is 0 Å². The first-order chi connectivity index (χ1) is 6.38. The Morgan fingerprint density at radius 3 is 2.69 bits per heavy atom. The van der Waals surface area contributed by atoms with Gasteiger partial charge in [-0.2, -0.15) is 0 Å². The number of rotatable bonds is 2. The Morgan fingerprint density at radius 2 is 2.08 bits per heavy atom. The SMILES string of the molecule is NC(c1ccco1)C1CCCCC1. The number of furan rings is 1. The predicted molar refractivity (Wildman–Crippen MR) is 52.2 cm³/mol. The highest BCUT2D eigenvalue weighted by Gasteiger charge is 2.23. The molecule has 1 atom stereocenters. The average molecular weight is 179 g/mol. The van der Waals surface area contributed by atoms with Crippen molar-refractivity contribution in [3.05, 3.63) is 24.2 Å². The topological polar surface area (TPSA) is 39.2 Å². The van der Waals surface area contributed by atoms with Gasteiger partial charge < -0.3 is 10.2 Å². The highest BCUT2D eigenvalue weighted by Crippen LogP contribution is 2.32. The monoisotopic (exact) mass is 179 g/mol. The first kappa shape index (κ1) is 8.82. The molecule has 0 spiro atoms. The lowest BCUT2D eigenvalue weighted by molar-refractivity contribution is 0.280. The summed E-state index contributed by atoms with van der Waals surface area (Å²) in [7, 11) is 0. The lowest BCUT2D eigenvalue weighted by Crippen LogP contribution is -2.22. The van der Waals surface area contributed by atoms with Crippen molar-refractivity contribution in [1.29, 1.82) is 0 Å². The van der Waals surface area contributed by atoms with E-state index in [1.54, 1.807) is 6.26 Å². The summed E-state index contributed by atoms with van der Waals surface area (Å²) in [5, 5.41) is 0. The van der Waals surface area contributed by atoms with Crippen LogP contribution < -0.4 is 5.73 Å². The van der Waals surface area contributed by atoms with Gasteiger partial charge in [0.25, 0.3) is 0 Å². The molecule has 13 heavy (non-hydrogen) atoms. The fourth-order valence-corrected chi connectivity index (χ4v) is 2.21. The molecular weight excluding hydrogens is 162 g/mol. The molecule has 1 unspecified atom stereocenters. The van der Waals surface area contributed by atoms with Gasteiger partial charge in [-0.05, 0) is 30.9 Å². The number of hydrogen-bond acceptors (Lipinski definition) is 2. The molecule has 0 amide bonds. The molecule has 2 rings (SSSR count). The van der Waals surface area contributed by atoms with Gasteiger partial charge >= 0.3 is 0 Å². The summed E-state index contributed by atoms with van der Waals surface area (Å²) in [6.07, 6.45) is 8.28. The highest BCUT2D eigenvalue weighted by molar-refractivity contribution is 5.05. The summed E-state index contributed by atoms with van der Waals surface area (Å²) < 4.78 is 5.32. The van der Waals surface area contributed by atoms with Crippen molar-refractivity contribution in [1.82, 2.24) is 0 Å². The molecule has 0 aliphatic heterocycles. The largest absolute Gasteiger partial charge is 0.468 e. The van der Waals surface area contributed by atoms with E-state index >= 15 is 0 Å². The van der Waals surface area contributed by atoms with E-state index in [1.807, 2.05) is 12.1 Å². The first-order valence-corrected chi connectivity index (χ1v) is 5.17. The molecule has 0 saturated heterocycles. The maximum absolute atomic E-state index is 6.12. The highest BCUT2D eigenvalue weighted by atomic mass is 16.3. The Morgan fingerprint density at radius 1 is 1.31 bits per heavy atom. The molecule has 0 bridgehead atoms. The van der Waals surface area contributed by atoms with E-state index in [1.165, 1.54) is 32.1 Å². The molecule has 1 saturated carbocycles. The first-order valence-electron chi connectivity index (χ1n) is 5.17. The second kappa shape index (κ2) is 3.97. The van der Waals surface area contributed by atoms with E-state index < -0.39 is 0 Å². The maximum atomic E-state index is 6.12. The van der Waals surface area contributed by atoms with Crippen LogP contribution in [0, 0.1) is 5.92 Å². The zero-order valence-electron chi connectivity index (χ0n) is 7.91. The lowest BCUT2D eigenvalue weighted by atomic mass is 9.83. The molecule has 1 aromatic heterocycles. The molecule has 2 heteroatoms. The van der Waals surface area contributed by atoms with Crippen molar-refractivity contribution in [2.45, 2.75) is 38.1 Å². The van der Waals surface area contributed by atoms with Gasteiger partial charge in [-0.25, -0.2) is 0 Å². The van der Waals surface area contributed by atoms with Gasteiger partial charge in [0.2, 0.25) is 0 Å². The molecule has 0 radical (unpaired) electrons. The van der Waals surface area contributed by atoms with Crippen molar-refractivity contribution in [3.8, 4) is 0 Å². The normalized spacial score (nSPS) is 21.6. The van der Waals surface area contributed by atoms with Crippen LogP contribution in [0.2, 0.25) is 0 Å². The van der Waals surface area contributed by atoms with Crippen LogP contribution >= 0.6 is 0 Å². The van der Waals surface area contributed by atoms with Gasteiger partial charge in [0.05, 0.1) is 12.3 Å².